The SMILES string of the molecule is O=C(CSc1cccc[n+]1[O-])NNC(=O)c1cccc(Cl)c1. The van der Waals surface area contributed by atoms with Gasteiger partial charge in [-0.2, -0.15) is 4.73 Å². The van der Waals surface area contributed by atoms with Crippen molar-refractivity contribution in [2.45, 2.75) is 5.03 Å². The number of carbonyl (C=O) groups excluding carboxylic acids is 2. The number of halogens is 1. The van der Waals surface area contributed by atoms with Gasteiger partial charge in [-0.1, -0.05) is 17.7 Å². The van der Waals surface area contributed by atoms with Gasteiger partial charge in [-0.05, 0) is 36.0 Å². The Bertz CT molecular complexity index is 697. The summed E-state index contributed by atoms with van der Waals surface area (Å²) in [6.07, 6.45) is 1.35. The molecule has 114 valence electrons. The van der Waals surface area contributed by atoms with Crippen LogP contribution in [0.25, 0.3) is 0 Å². The first-order valence-electron chi connectivity index (χ1n) is 6.22. The van der Waals surface area contributed by atoms with Gasteiger partial charge in [0.05, 0.1) is 5.75 Å². The monoisotopic (exact) mass is 337 g/mol. The van der Waals surface area contributed by atoms with Crippen LogP contribution in [0.3, 0.4) is 0 Å². The Kier molecular flexibility index (Phi) is 5.62. The van der Waals surface area contributed by atoms with Gasteiger partial charge in [-0.25, -0.2) is 0 Å². The Labute approximate surface area is 136 Å². The third kappa shape index (κ3) is 4.64. The smallest absolute Gasteiger partial charge is 0.269 e. The van der Waals surface area contributed by atoms with Crippen molar-refractivity contribution in [3.05, 3.63) is 64.5 Å². The van der Waals surface area contributed by atoms with E-state index in [9.17, 15) is 14.8 Å². The average Bonchev–Trinajstić information content (AvgIpc) is 2.52. The lowest BCUT2D eigenvalue weighted by molar-refractivity contribution is -0.645. The van der Waals surface area contributed by atoms with Crippen LogP contribution in [0.4, 0.5) is 0 Å². The fraction of sp³-hybridized carbons (Fsp3) is 0.0714. The summed E-state index contributed by atoms with van der Waals surface area (Å²) in [7, 11) is 0. The van der Waals surface area contributed by atoms with Crippen LogP contribution in [0.2, 0.25) is 5.02 Å². The number of benzene rings is 1. The molecule has 22 heavy (non-hydrogen) atoms. The molecule has 0 fully saturated rings. The van der Waals surface area contributed by atoms with Gasteiger partial charge in [-0.15, -0.1) is 0 Å². The summed E-state index contributed by atoms with van der Waals surface area (Å²) in [5.74, 6) is -0.897. The summed E-state index contributed by atoms with van der Waals surface area (Å²) in [6.45, 7) is 0. The van der Waals surface area contributed by atoms with Gasteiger partial charge in [0.25, 0.3) is 10.9 Å². The van der Waals surface area contributed by atoms with Crippen molar-refractivity contribution < 1.29 is 14.3 Å². The number of rotatable bonds is 4. The van der Waals surface area contributed by atoms with Crippen LogP contribution in [0.15, 0.2) is 53.7 Å². The van der Waals surface area contributed by atoms with E-state index in [2.05, 4.69) is 10.9 Å². The summed E-state index contributed by atoms with van der Waals surface area (Å²) in [5.41, 5.74) is 4.89. The zero-order valence-corrected chi connectivity index (χ0v) is 12.9. The molecule has 0 saturated heterocycles. The third-order valence-electron chi connectivity index (χ3n) is 2.54. The molecule has 0 spiro atoms. The molecule has 0 aliphatic carbocycles. The molecule has 0 aliphatic rings. The fourth-order valence-corrected chi connectivity index (χ4v) is 2.43. The van der Waals surface area contributed by atoms with Gasteiger partial charge in [0.1, 0.15) is 0 Å². The molecule has 0 unspecified atom stereocenters. The van der Waals surface area contributed by atoms with Gasteiger partial charge in [-0.3, -0.25) is 20.4 Å². The first-order valence-corrected chi connectivity index (χ1v) is 7.58. The van der Waals surface area contributed by atoms with Crippen molar-refractivity contribution in [2.24, 2.45) is 0 Å². The fourth-order valence-electron chi connectivity index (χ4n) is 1.53. The normalized spacial score (nSPS) is 10.0. The van der Waals surface area contributed by atoms with Crippen molar-refractivity contribution >= 4 is 35.2 Å². The number of nitrogens with zero attached hydrogens (tertiary/aromatic N) is 1. The molecule has 6 nitrogen and oxygen atoms in total. The molecule has 1 aromatic carbocycles. The second-order valence-corrected chi connectivity index (χ2v) is 5.60. The van der Waals surface area contributed by atoms with Crippen molar-refractivity contribution in [2.75, 3.05) is 5.75 Å². The highest BCUT2D eigenvalue weighted by Crippen LogP contribution is 2.12. The molecular formula is C14H12ClN3O3S. The van der Waals surface area contributed by atoms with E-state index < -0.39 is 11.8 Å². The molecule has 8 heteroatoms. The number of hydrazine groups is 1. The molecule has 1 aromatic heterocycles. The summed E-state index contributed by atoms with van der Waals surface area (Å²) < 4.78 is 0.669. The largest absolute Gasteiger partial charge is 0.618 e. The lowest BCUT2D eigenvalue weighted by Crippen LogP contribution is -2.42. The van der Waals surface area contributed by atoms with E-state index in [1.54, 1.807) is 36.4 Å². The summed E-state index contributed by atoms with van der Waals surface area (Å²) in [6, 6.07) is 11.3. The number of hydrogen-bond donors (Lipinski definition) is 2. The second kappa shape index (κ2) is 7.67. The van der Waals surface area contributed by atoms with Gasteiger partial charge < -0.3 is 5.21 Å². The minimum atomic E-state index is -0.473. The summed E-state index contributed by atoms with van der Waals surface area (Å²) in [4.78, 5) is 23.4. The van der Waals surface area contributed by atoms with E-state index in [4.69, 9.17) is 11.6 Å². The van der Waals surface area contributed by atoms with Crippen LogP contribution in [0.5, 0.6) is 0 Å². The van der Waals surface area contributed by atoms with Gasteiger partial charge in [0.15, 0.2) is 6.20 Å². The first kappa shape index (κ1) is 16.1. The highest BCUT2D eigenvalue weighted by molar-refractivity contribution is 7.99. The Morgan fingerprint density at radius 2 is 2.00 bits per heavy atom. The molecule has 2 N–H and O–H groups in total. The quantitative estimate of drug-likeness (QED) is 0.383. The van der Waals surface area contributed by atoms with Gasteiger partial charge in [0.2, 0.25) is 5.91 Å². The van der Waals surface area contributed by atoms with E-state index in [1.807, 2.05) is 0 Å². The number of hydrogen-bond acceptors (Lipinski definition) is 4. The Hall–Kier alpha value is -2.25. The van der Waals surface area contributed by atoms with E-state index >= 15 is 0 Å². The highest BCUT2D eigenvalue weighted by Gasteiger charge is 2.10. The van der Waals surface area contributed by atoms with Crippen molar-refractivity contribution in [1.29, 1.82) is 0 Å². The number of nitrogens with one attached hydrogen (secondary N) is 2. The number of amides is 2. The molecule has 0 radical (unpaired) electrons. The molecule has 0 aliphatic heterocycles. The van der Waals surface area contributed by atoms with E-state index in [0.717, 1.165) is 11.8 Å². The predicted molar refractivity (Wildman–Crippen MR) is 83.2 cm³/mol. The van der Waals surface area contributed by atoms with Crippen molar-refractivity contribution in [1.82, 2.24) is 10.9 Å². The maximum absolute atomic E-state index is 11.8. The van der Waals surface area contributed by atoms with Crippen LogP contribution in [-0.4, -0.2) is 17.6 Å². The maximum atomic E-state index is 11.8. The molecule has 0 saturated carbocycles. The molecule has 0 atom stereocenters. The average molecular weight is 338 g/mol. The Morgan fingerprint density at radius 1 is 1.18 bits per heavy atom. The molecule has 2 amide bonds. The summed E-state index contributed by atoms with van der Waals surface area (Å²) >= 11 is 6.85. The van der Waals surface area contributed by atoms with Crippen LogP contribution in [-0.2, 0) is 4.79 Å². The molecule has 1 heterocycles. The van der Waals surface area contributed by atoms with E-state index in [0.29, 0.717) is 20.3 Å². The zero-order valence-electron chi connectivity index (χ0n) is 11.3. The topological polar surface area (TPSA) is 85.1 Å². The summed E-state index contributed by atoms with van der Waals surface area (Å²) in [5, 5.41) is 12.2. The van der Waals surface area contributed by atoms with E-state index in [1.165, 1.54) is 12.3 Å². The Balaban J connectivity index is 1.81. The van der Waals surface area contributed by atoms with Crippen LogP contribution in [0, 0.1) is 5.21 Å². The number of carbonyl (C=O) groups is 2. The molecule has 0 bridgehead atoms. The lowest BCUT2D eigenvalue weighted by atomic mass is 10.2. The van der Waals surface area contributed by atoms with Gasteiger partial charge >= 0.3 is 0 Å². The zero-order chi connectivity index (χ0) is 15.9. The number of pyridine rings is 1. The maximum Gasteiger partial charge on any atom is 0.269 e. The van der Waals surface area contributed by atoms with E-state index in [-0.39, 0.29) is 5.75 Å². The number of aromatic nitrogens is 1. The molecule has 2 rings (SSSR count). The standard InChI is InChI=1S/C14H12ClN3O3S/c15-11-5-3-4-10(8-11)14(20)17-16-12(19)9-22-13-6-1-2-7-18(13)21/h1-8H,9H2,(H,16,19)(H,17,20). The Morgan fingerprint density at radius 3 is 2.73 bits per heavy atom. The van der Waals surface area contributed by atoms with Gasteiger partial charge in [0, 0.05) is 22.7 Å². The number of thioether (sulfide) groups is 1. The predicted octanol–water partition coefficient (Wildman–Crippen LogP) is 1.53. The van der Waals surface area contributed by atoms with Crippen molar-refractivity contribution in [3.63, 3.8) is 0 Å². The lowest BCUT2D eigenvalue weighted by Gasteiger charge is -2.07. The molecule has 2 aromatic rings. The minimum absolute atomic E-state index is 0.00206. The third-order valence-corrected chi connectivity index (χ3v) is 3.80. The van der Waals surface area contributed by atoms with Crippen LogP contribution >= 0.6 is 23.4 Å². The van der Waals surface area contributed by atoms with Crippen LogP contribution < -0.4 is 15.6 Å². The highest BCUT2D eigenvalue weighted by atomic mass is 35.5. The van der Waals surface area contributed by atoms with Crippen molar-refractivity contribution in [3.8, 4) is 0 Å². The second-order valence-electron chi connectivity index (χ2n) is 4.17. The van der Waals surface area contributed by atoms with Crippen LogP contribution in [0.1, 0.15) is 10.4 Å². The molecular weight excluding hydrogens is 326 g/mol. The minimum Gasteiger partial charge on any atom is -0.618 e. The first-order chi connectivity index (χ1) is 10.6.